The van der Waals surface area contributed by atoms with Crippen LogP contribution in [0.3, 0.4) is 0 Å². The van der Waals surface area contributed by atoms with Gasteiger partial charge in [-0.25, -0.2) is 0 Å². The van der Waals surface area contributed by atoms with Gasteiger partial charge >= 0.3 is 11.9 Å². The Morgan fingerprint density at radius 2 is 1.00 bits per heavy atom. The molecule has 6 atom stereocenters. The van der Waals surface area contributed by atoms with Crippen molar-refractivity contribution < 1.29 is 49.0 Å². The Labute approximate surface area is 285 Å². The maximum Gasteiger partial charge on any atom is 0.306 e. The second-order valence-electron chi connectivity index (χ2n) is 13.4. The molecule has 0 aromatic carbocycles. The third-order valence-electron chi connectivity index (χ3n) is 8.99. The number of ether oxygens (including phenoxy) is 4. The molecule has 0 amide bonds. The van der Waals surface area contributed by atoms with Crippen LogP contribution in [0.4, 0.5) is 0 Å². The molecule has 1 heterocycles. The molecule has 47 heavy (non-hydrogen) atoms. The molecule has 1 fully saturated rings. The van der Waals surface area contributed by atoms with Crippen molar-refractivity contribution in [3.8, 4) is 0 Å². The Balaban J connectivity index is 2.36. The van der Waals surface area contributed by atoms with Crippen LogP contribution in [0.2, 0.25) is 0 Å². The van der Waals surface area contributed by atoms with Crippen molar-refractivity contribution in [3.63, 3.8) is 0 Å². The predicted octanol–water partition coefficient (Wildman–Crippen LogP) is 6.66. The Hall–Kier alpha value is -1.30. The second-order valence-corrected chi connectivity index (χ2v) is 13.4. The highest BCUT2D eigenvalue weighted by molar-refractivity contribution is 5.70. The Kier molecular flexibility index (Phi) is 27.5. The Bertz CT molecular complexity index is 749. The second kappa shape index (κ2) is 29.6. The minimum atomic E-state index is -1.59. The van der Waals surface area contributed by atoms with E-state index in [1.54, 1.807) is 0 Å². The lowest BCUT2D eigenvalue weighted by atomic mass is 9.99. The summed E-state index contributed by atoms with van der Waals surface area (Å²) in [6.45, 7) is 3.38. The molecular weight excluding hydrogens is 604 g/mol. The average Bonchev–Trinajstić information content (AvgIpc) is 3.07. The van der Waals surface area contributed by atoms with Gasteiger partial charge in [-0.1, -0.05) is 142 Å². The van der Waals surface area contributed by atoms with Crippen molar-refractivity contribution >= 4 is 11.9 Å². The first-order chi connectivity index (χ1) is 22.8. The van der Waals surface area contributed by atoms with Gasteiger partial charge in [0.1, 0.15) is 31.0 Å². The SMILES string of the molecule is CCCCCCCCCCCCCCCCC(=O)OC[C@@H](CO[C@H]1O[C@@H](CO)[C@@H](O)C(O)C1O)OC(=O)CCCCCCCCCC. The molecule has 1 saturated heterocycles. The first-order valence-electron chi connectivity index (χ1n) is 19.1. The van der Waals surface area contributed by atoms with Crippen LogP contribution in [-0.2, 0) is 28.5 Å². The number of hydrogen-bond acceptors (Lipinski definition) is 10. The molecule has 2 unspecified atom stereocenters. The molecule has 0 aliphatic carbocycles. The monoisotopic (exact) mass is 674 g/mol. The number of unbranched alkanes of at least 4 members (excludes halogenated alkanes) is 20. The summed E-state index contributed by atoms with van der Waals surface area (Å²) >= 11 is 0. The topological polar surface area (TPSA) is 152 Å². The number of aliphatic hydroxyl groups is 4. The summed E-state index contributed by atoms with van der Waals surface area (Å²) in [6.07, 6.45) is 18.4. The molecule has 10 nitrogen and oxygen atoms in total. The molecular formula is C37H70O10. The number of aliphatic hydroxyl groups excluding tert-OH is 4. The quantitative estimate of drug-likeness (QED) is 0.0464. The molecule has 0 bridgehead atoms. The van der Waals surface area contributed by atoms with Crippen LogP contribution in [0, 0.1) is 0 Å². The van der Waals surface area contributed by atoms with E-state index in [0.717, 1.165) is 38.5 Å². The first kappa shape index (κ1) is 43.7. The number of rotatable bonds is 31. The normalized spacial score (nSPS) is 21.9. The third kappa shape index (κ3) is 22.1. The maximum absolute atomic E-state index is 12.6. The summed E-state index contributed by atoms with van der Waals surface area (Å²) in [4.78, 5) is 25.0. The van der Waals surface area contributed by atoms with Crippen molar-refractivity contribution in [1.82, 2.24) is 0 Å². The molecule has 0 aromatic rings. The summed E-state index contributed by atoms with van der Waals surface area (Å²) in [6, 6.07) is 0. The zero-order valence-corrected chi connectivity index (χ0v) is 29.8. The lowest BCUT2D eigenvalue weighted by molar-refractivity contribution is -0.305. The van der Waals surface area contributed by atoms with Crippen LogP contribution in [0.15, 0.2) is 0 Å². The molecule has 1 aliphatic heterocycles. The molecule has 278 valence electrons. The lowest BCUT2D eigenvalue weighted by Crippen LogP contribution is -2.59. The van der Waals surface area contributed by atoms with E-state index in [2.05, 4.69) is 13.8 Å². The van der Waals surface area contributed by atoms with Crippen molar-refractivity contribution in [1.29, 1.82) is 0 Å². The Morgan fingerprint density at radius 1 is 0.574 bits per heavy atom. The highest BCUT2D eigenvalue weighted by Crippen LogP contribution is 2.22. The van der Waals surface area contributed by atoms with Gasteiger partial charge in [-0.2, -0.15) is 0 Å². The lowest BCUT2D eigenvalue weighted by Gasteiger charge is -2.39. The van der Waals surface area contributed by atoms with Gasteiger partial charge in [0.25, 0.3) is 0 Å². The highest BCUT2D eigenvalue weighted by atomic mass is 16.7. The van der Waals surface area contributed by atoms with Crippen LogP contribution in [0.5, 0.6) is 0 Å². The van der Waals surface area contributed by atoms with E-state index in [-0.39, 0.29) is 32.0 Å². The van der Waals surface area contributed by atoms with Gasteiger partial charge < -0.3 is 39.4 Å². The van der Waals surface area contributed by atoms with Crippen molar-refractivity contribution in [2.24, 2.45) is 0 Å². The minimum Gasteiger partial charge on any atom is -0.462 e. The van der Waals surface area contributed by atoms with Crippen LogP contribution in [0.1, 0.15) is 168 Å². The number of esters is 2. The van der Waals surface area contributed by atoms with Crippen LogP contribution >= 0.6 is 0 Å². The molecule has 4 N–H and O–H groups in total. The molecule has 0 spiro atoms. The average molecular weight is 675 g/mol. The number of hydrogen-bond donors (Lipinski definition) is 4. The van der Waals surface area contributed by atoms with E-state index < -0.39 is 49.4 Å². The summed E-state index contributed by atoms with van der Waals surface area (Å²) < 4.78 is 22.0. The summed E-state index contributed by atoms with van der Waals surface area (Å²) in [5, 5.41) is 39.8. The molecule has 0 saturated carbocycles. The van der Waals surface area contributed by atoms with Gasteiger partial charge in [-0.3, -0.25) is 9.59 Å². The largest absolute Gasteiger partial charge is 0.462 e. The van der Waals surface area contributed by atoms with Gasteiger partial charge in [-0.05, 0) is 12.8 Å². The van der Waals surface area contributed by atoms with Gasteiger partial charge in [-0.15, -0.1) is 0 Å². The minimum absolute atomic E-state index is 0.210. The van der Waals surface area contributed by atoms with Crippen molar-refractivity contribution in [2.45, 2.75) is 205 Å². The van der Waals surface area contributed by atoms with Crippen LogP contribution < -0.4 is 0 Å². The molecule has 1 rings (SSSR count). The standard InChI is InChI=1S/C37H70O10/c1-3-5-7-9-11-13-14-15-16-17-18-20-21-23-25-32(39)44-28-30(46-33(40)26-24-22-19-12-10-8-6-4-2)29-45-37-36(43)35(42)34(41)31(27-38)47-37/h30-31,34-38,41-43H,3-29H2,1-2H3/t30-,31-,34+,35?,36?,37-/m0/s1. The molecule has 10 heteroatoms. The number of carbonyl (C=O) groups excluding carboxylic acids is 2. The zero-order valence-electron chi connectivity index (χ0n) is 29.8. The fourth-order valence-corrected chi connectivity index (χ4v) is 5.89. The molecule has 0 radical (unpaired) electrons. The van der Waals surface area contributed by atoms with Gasteiger partial charge in [0, 0.05) is 12.8 Å². The van der Waals surface area contributed by atoms with Gasteiger partial charge in [0.05, 0.1) is 13.2 Å². The van der Waals surface area contributed by atoms with E-state index in [1.807, 2.05) is 0 Å². The highest BCUT2D eigenvalue weighted by Gasteiger charge is 2.44. The van der Waals surface area contributed by atoms with Gasteiger partial charge in [0.15, 0.2) is 12.4 Å². The van der Waals surface area contributed by atoms with Crippen LogP contribution in [0.25, 0.3) is 0 Å². The fraction of sp³-hybridized carbons (Fsp3) is 0.946. The maximum atomic E-state index is 12.6. The van der Waals surface area contributed by atoms with Gasteiger partial charge in [0.2, 0.25) is 0 Å². The zero-order chi connectivity index (χ0) is 34.5. The Morgan fingerprint density at radius 3 is 1.45 bits per heavy atom. The summed E-state index contributed by atoms with van der Waals surface area (Å²) in [5.74, 6) is -0.803. The first-order valence-corrected chi connectivity index (χ1v) is 19.1. The van der Waals surface area contributed by atoms with Crippen LogP contribution in [-0.4, -0.2) is 89.0 Å². The molecule has 0 aromatic heterocycles. The predicted molar refractivity (Wildman–Crippen MR) is 183 cm³/mol. The molecule has 1 aliphatic rings. The fourth-order valence-electron chi connectivity index (χ4n) is 5.89. The van der Waals surface area contributed by atoms with E-state index in [9.17, 15) is 30.0 Å². The summed E-state index contributed by atoms with van der Waals surface area (Å²) in [7, 11) is 0. The van der Waals surface area contributed by atoms with Crippen molar-refractivity contribution in [2.75, 3.05) is 19.8 Å². The van der Waals surface area contributed by atoms with E-state index >= 15 is 0 Å². The van der Waals surface area contributed by atoms with E-state index in [1.165, 1.54) is 96.3 Å². The van der Waals surface area contributed by atoms with Crippen molar-refractivity contribution in [3.05, 3.63) is 0 Å². The number of carbonyl (C=O) groups is 2. The van der Waals surface area contributed by atoms with E-state index in [4.69, 9.17) is 18.9 Å². The third-order valence-corrected chi connectivity index (χ3v) is 8.99. The van der Waals surface area contributed by atoms with E-state index in [0.29, 0.717) is 6.42 Å². The summed E-state index contributed by atoms with van der Waals surface area (Å²) in [5.41, 5.74) is 0. The smallest absolute Gasteiger partial charge is 0.306 e.